The minimum atomic E-state index is 0.535. The van der Waals surface area contributed by atoms with Crippen LogP contribution in [0, 0.1) is 5.92 Å². The molecule has 2 aliphatic rings. The maximum atomic E-state index is 5.51. The number of nitrogens with zero attached hydrogens (tertiary/aromatic N) is 1. The molecule has 1 saturated heterocycles. The van der Waals surface area contributed by atoms with Crippen LogP contribution in [0.1, 0.15) is 32.6 Å². The highest BCUT2D eigenvalue weighted by atomic mass is 16.5. The maximum absolute atomic E-state index is 5.51. The molecular formula is C13H26N2O. The minimum Gasteiger partial charge on any atom is -0.378 e. The van der Waals surface area contributed by atoms with Crippen molar-refractivity contribution in [3.05, 3.63) is 0 Å². The molecule has 0 aromatic heterocycles. The average molecular weight is 226 g/mol. The van der Waals surface area contributed by atoms with Gasteiger partial charge in [0.1, 0.15) is 0 Å². The van der Waals surface area contributed by atoms with E-state index in [0.29, 0.717) is 6.04 Å². The Morgan fingerprint density at radius 3 is 2.81 bits per heavy atom. The maximum Gasteiger partial charge on any atom is 0.0632 e. The fourth-order valence-electron chi connectivity index (χ4n) is 3.17. The molecule has 3 nitrogen and oxygen atoms in total. The summed E-state index contributed by atoms with van der Waals surface area (Å²) < 4.78 is 5.51. The summed E-state index contributed by atoms with van der Waals surface area (Å²) in [5, 5.41) is 3.54. The third-order valence-electron chi connectivity index (χ3n) is 4.14. The van der Waals surface area contributed by atoms with Crippen molar-refractivity contribution in [1.82, 2.24) is 10.2 Å². The summed E-state index contributed by atoms with van der Waals surface area (Å²) in [5.74, 6) is 0.864. The molecule has 1 N–H and O–H groups in total. The molecule has 0 bridgehead atoms. The van der Waals surface area contributed by atoms with E-state index in [4.69, 9.17) is 4.74 Å². The van der Waals surface area contributed by atoms with E-state index in [0.717, 1.165) is 38.3 Å². The predicted octanol–water partition coefficient (Wildman–Crippen LogP) is 1.49. The lowest BCUT2D eigenvalue weighted by atomic mass is 9.85. The van der Waals surface area contributed by atoms with Crippen molar-refractivity contribution < 1.29 is 4.74 Å². The highest BCUT2D eigenvalue weighted by Gasteiger charge is 2.26. The van der Waals surface area contributed by atoms with Crippen LogP contribution in [0.4, 0.5) is 0 Å². The number of morpholine rings is 1. The van der Waals surface area contributed by atoms with E-state index in [1.807, 2.05) is 0 Å². The number of likely N-dealkylation sites (N-methyl/N-ethyl adjacent to an activating group) is 1. The second kappa shape index (κ2) is 5.99. The van der Waals surface area contributed by atoms with Crippen molar-refractivity contribution in [1.29, 1.82) is 0 Å². The van der Waals surface area contributed by atoms with Crippen molar-refractivity contribution in [2.24, 2.45) is 5.92 Å². The first kappa shape index (κ1) is 12.3. The third-order valence-corrected chi connectivity index (χ3v) is 4.14. The Morgan fingerprint density at radius 2 is 2.12 bits per heavy atom. The second-order valence-electron chi connectivity index (χ2n) is 5.49. The molecule has 0 aromatic rings. The van der Waals surface area contributed by atoms with E-state index in [1.54, 1.807) is 0 Å². The van der Waals surface area contributed by atoms with Gasteiger partial charge < -0.3 is 15.0 Å². The van der Waals surface area contributed by atoms with Gasteiger partial charge in [0.05, 0.1) is 13.2 Å². The van der Waals surface area contributed by atoms with E-state index in [1.165, 1.54) is 25.7 Å². The molecule has 3 unspecified atom stereocenters. The monoisotopic (exact) mass is 226 g/mol. The summed E-state index contributed by atoms with van der Waals surface area (Å²) in [7, 11) is 2.28. The van der Waals surface area contributed by atoms with Gasteiger partial charge in [-0.3, -0.25) is 0 Å². The van der Waals surface area contributed by atoms with Gasteiger partial charge in [0.15, 0.2) is 0 Å². The number of rotatable bonds is 3. The average Bonchev–Trinajstić information content (AvgIpc) is 2.31. The zero-order valence-electron chi connectivity index (χ0n) is 10.7. The van der Waals surface area contributed by atoms with Crippen LogP contribution in [0.5, 0.6) is 0 Å². The SMILES string of the molecule is CC1CCCCC1N(C)CC1COCCN1. The van der Waals surface area contributed by atoms with Crippen molar-refractivity contribution in [3.63, 3.8) is 0 Å². The first-order chi connectivity index (χ1) is 7.77. The van der Waals surface area contributed by atoms with Gasteiger partial charge in [0, 0.05) is 25.2 Å². The Labute approximate surface area is 99.5 Å². The standard InChI is InChI=1S/C13H26N2O/c1-11-5-3-4-6-13(11)15(2)9-12-10-16-8-7-14-12/h11-14H,3-10H2,1-2H3. The van der Waals surface area contributed by atoms with E-state index in [-0.39, 0.29) is 0 Å². The summed E-state index contributed by atoms with van der Waals surface area (Å²) in [6.07, 6.45) is 5.62. The first-order valence-corrected chi connectivity index (χ1v) is 6.78. The van der Waals surface area contributed by atoms with E-state index < -0.39 is 0 Å². The summed E-state index contributed by atoms with van der Waals surface area (Å²) in [6, 6.07) is 1.32. The highest BCUT2D eigenvalue weighted by molar-refractivity contribution is 4.82. The molecule has 1 aliphatic carbocycles. The molecule has 2 fully saturated rings. The molecule has 3 heteroatoms. The number of hydrogen-bond acceptors (Lipinski definition) is 3. The molecule has 2 rings (SSSR count). The summed E-state index contributed by atoms with van der Waals surface area (Å²) >= 11 is 0. The van der Waals surface area contributed by atoms with E-state index in [9.17, 15) is 0 Å². The van der Waals surface area contributed by atoms with Gasteiger partial charge in [0.25, 0.3) is 0 Å². The Bertz CT molecular complexity index is 204. The summed E-state index contributed by atoms with van der Waals surface area (Å²) in [4.78, 5) is 2.55. The molecule has 16 heavy (non-hydrogen) atoms. The highest BCUT2D eigenvalue weighted by Crippen LogP contribution is 2.27. The smallest absolute Gasteiger partial charge is 0.0632 e. The van der Waals surface area contributed by atoms with Crippen molar-refractivity contribution in [3.8, 4) is 0 Å². The molecular weight excluding hydrogens is 200 g/mol. The molecule has 3 atom stereocenters. The lowest BCUT2D eigenvalue weighted by molar-refractivity contribution is 0.0491. The normalized spacial score (nSPS) is 36.6. The molecule has 94 valence electrons. The Hall–Kier alpha value is -0.120. The Balaban J connectivity index is 1.78. The zero-order chi connectivity index (χ0) is 11.4. The quantitative estimate of drug-likeness (QED) is 0.789. The van der Waals surface area contributed by atoms with Crippen LogP contribution in [-0.2, 0) is 4.74 Å². The van der Waals surface area contributed by atoms with Crippen LogP contribution < -0.4 is 5.32 Å². The molecule has 1 heterocycles. The van der Waals surface area contributed by atoms with Gasteiger partial charge in [-0.25, -0.2) is 0 Å². The van der Waals surface area contributed by atoms with Crippen LogP contribution in [0.15, 0.2) is 0 Å². The zero-order valence-corrected chi connectivity index (χ0v) is 10.7. The van der Waals surface area contributed by atoms with Gasteiger partial charge in [-0.1, -0.05) is 19.8 Å². The Morgan fingerprint density at radius 1 is 1.31 bits per heavy atom. The van der Waals surface area contributed by atoms with Gasteiger partial charge in [-0.05, 0) is 25.8 Å². The van der Waals surface area contributed by atoms with Gasteiger partial charge in [0.2, 0.25) is 0 Å². The van der Waals surface area contributed by atoms with Crippen LogP contribution >= 0.6 is 0 Å². The molecule has 0 amide bonds. The molecule has 1 saturated carbocycles. The van der Waals surface area contributed by atoms with Crippen LogP contribution in [0.3, 0.4) is 0 Å². The van der Waals surface area contributed by atoms with Crippen LogP contribution in [-0.4, -0.2) is 50.3 Å². The van der Waals surface area contributed by atoms with Crippen molar-refractivity contribution >= 4 is 0 Å². The second-order valence-corrected chi connectivity index (χ2v) is 5.49. The molecule has 0 radical (unpaired) electrons. The van der Waals surface area contributed by atoms with Crippen molar-refractivity contribution in [2.45, 2.75) is 44.7 Å². The van der Waals surface area contributed by atoms with Crippen molar-refractivity contribution in [2.75, 3.05) is 33.4 Å². The minimum absolute atomic E-state index is 0.535. The predicted molar refractivity (Wildman–Crippen MR) is 66.7 cm³/mol. The molecule has 1 aliphatic heterocycles. The third kappa shape index (κ3) is 3.19. The topological polar surface area (TPSA) is 24.5 Å². The number of hydrogen-bond donors (Lipinski definition) is 1. The Kier molecular flexibility index (Phi) is 4.62. The number of nitrogens with one attached hydrogen (secondary N) is 1. The van der Waals surface area contributed by atoms with Gasteiger partial charge >= 0.3 is 0 Å². The van der Waals surface area contributed by atoms with E-state index >= 15 is 0 Å². The number of ether oxygens (including phenoxy) is 1. The first-order valence-electron chi connectivity index (χ1n) is 6.78. The largest absolute Gasteiger partial charge is 0.378 e. The summed E-state index contributed by atoms with van der Waals surface area (Å²) in [5.41, 5.74) is 0. The fraction of sp³-hybridized carbons (Fsp3) is 1.00. The molecule has 0 spiro atoms. The van der Waals surface area contributed by atoms with E-state index in [2.05, 4.69) is 24.2 Å². The van der Waals surface area contributed by atoms with Gasteiger partial charge in [-0.15, -0.1) is 0 Å². The molecule has 0 aromatic carbocycles. The fourth-order valence-corrected chi connectivity index (χ4v) is 3.17. The van der Waals surface area contributed by atoms with Crippen LogP contribution in [0.2, 0.25) is 0 Å². The summed E-state index contributed by atoms with van der Waals surface area (Å²) in [6.45, 7) is 6.31. The lowest BCUT2D eigenvalue weighted by Crippen LogP contribution is -2.51. The lowest BCUT2D eigenvalue weighted by Gasteiger charge is -2.38. The van der Waals surface area contributed by atoms with Crippen LogP contribution in [0.25, 0.3) is 0 Å². The van der Waals surface area contributed by atoms with Gasteiger partial charge in [-0.2, -0.15) is 0 Å².